The zero-order valence-electron chi connectivity index (χ0n) is 13.1. The fraction of sp³-hybridized carbons (Fsp3) is 0.312. The van der Waals surface area contributed by atoms with E-state index in [9.17, 15) is 14.0 Å². The van der Waals surface area contributed by atoms with Gasteiger partial charge in [0.15, 0.2) is 0 Å². The van der Waals surface area contributed by atoms with Crippen LogP contribution in [0.5, 0.6) is 0 Å². The van der Waals surface area contributed by atoms with E-state index >= 15 is 0 Å². The maximum Gasteiger partial charge on any atom is 0.313 e. The van der Waals surface area contributed by atoms with Crippen LogP contribution < -0.4 is 10.6 Å². The molecule has 0 bridgehead atoms. The van der Waals surface area contributed by atoms with Crippen molar-refractivity contribution in [3.8, 4) is 0 Å². The molecular weight excluding hydrogens is 317 g/mol. The lowest BCUT2D eigenvalue weighted by molar-refractivity contribution is -0.136. The molecule has 0 atom stereocenters. The van der Waals surface area contributed by atoms with Crippen molar-refractivity contribution in [1.82, 2.24) is 10.3 Å². The Morgan fingerprint density at radius 1 is 1.30 bits per heavy atom. The first kappa shape index (κ1) is 17.1. The molecule has 23 heavy (non-hydrogen) atoms. The highest BCUT2D eigenvalue weighted by Crippen LogP contribution is 2.19. The maximum absolute atomic E-state index is 13.2. The van der Waals surface area contributed by atoms with Crippen LogP contribution in [0.2, 0.25) is 0 Å². The van der Waals surface area contributed by atoms with Crippen LogP contribution in [0, 0.1) is 12.7 Å². The lowest BCUT2D eigenvalue weighted by Gasteiger charge is -2.08. The van der Waals surface area contributed by atoms with Crippen molar-refractivity contribution in [1.29, 1.82) is 0 Å². The fourth-order valence-electron chi connectivity index (χ4n) is 1.83. The number of thiazole rings is 1. The van der Waals surface area contributed by atoms with Crippen LogP contribution >= 0.6 is 11.3 Å². The molecule has 2 amide bonds. The van der Waals surface area contributed by atoms with E-state index in [-0.39, 0.29) is 12.2 Å². The van der Waals surface area contributed by atoms with E-state index in [1.165, 1.54) is 29.5 Å². The Balaban J connectivity index is 1.92. The van der Waals surface area contributed by atoms with E-state index in [1.54, 1.807) is 6.92 Å². The number of nitrogens with one attached hydrogen (secondary N) is 2. The first-order chi connectivity index (χ1) is 10.9. The minimum absolute atomic E-state index is 0.178. The molecule has 0 saturated heterocycles. The van der Waals surface area contributed by atoms with Crippen LogP contribution in [0.3, 0.4) is 0 Å². The Kier molecular flexibility index (Phi) is 5.44. The second kappa shape index (κ2) is 7.32. The van der Waals surface area contributed by atoms with E-state index in [2.05, 4.69) is 15.6 Å². The Hall–Kier alpha value is -2.28. The SMILES string of the molecule is Cc1ccc(F)cc1NC(=O)C(=O)NCc1csc(C(C)C)n1. The number of rotatable bonds is 4. The predicted octanol–water partition coefficient (Wildman–Crippen LogP) is 2.97. The average Bonchev–Trinajstić information content (AvgIpc) is 2.97. The summed E-state index contributed by atoms with van der Waals surface area (Å²) < 4.78 is 13.2. The normalized spacial score (nSPS) is 10.7. The molecule has 0 spiro atoms. The van der Waals surface area contributed by atoms with Gasteiger partial charge in [0.25, 0.3) is 0 Å². The van der Waals surface area contributed by atoms with Gasteiger partial charge in [-0.15, -0.1) is 11.3 Å². The van der Waals surface area contributed by atoms with Crippen molar-refractivity contribution >= 4 is 28.8 Å². The molecule has 0 aliphatic carbocycles. The number of hydrogen-bond donors (Lipinski definition) is 2. The monoisotopic (exact) mass is 335 g/mol. The molecule has 0 aliphatic rings. The number of carbonyl (C=O) groups excluding carboxylic acids is 2. The van der Waals surface area contributed by atoms with Gasteiger partial charge >= 0.3 is 11.8 Å². The standard InChI is InChI=1S/C16H18FN3O2S/c1-9(2)16-19-12(8-23-16)7-18-14(21)15(22)20-13-6-11(17)5-4-10(13)3/h4-6,8-9H,7H2,1-3H3,(H,18,21)(H,20,22). The Labute approximate surface area is 137 Å². The Morgan fingerprint density at radius 2 is 2.04 bits per heavy atom. The van der Waals surface area contributed by atoms with E-state index in [4.69, 9.17) is 0 Å². The number of carbonyl (C=O) groups is 2. The molecule has 1 heterocycles. The predicted molar refractivity (Wildman–Crippen MR) is 87.8 cm³/mol. The van der Waals surface area contributed by atoms with Gasteiger partial charge in [-0.2, -0.15) is 0 Å². The third-order valence-corrected chi connectivity index (χ3v) is 4.34. The van der Waals surface area contributed by atoms with Crippen molar-refractivity contribution in [2.75, 3.05) is 5.32 Å². The highest BCUT2D eigenvalue weighted by atomic mass is 32.1. The van der Waals surface area contributed by atoms with Gasteiger partial charge in [-0.1, -0.05) is 19.9 Å². The zero-order chi connectivity index (χ0) is 17.0. The molecule has 0 fully saturated rings. The second-order valence-electron chi connectivity index (χ2n) is 5.43. The van der Waals surface area contributed by atoms with Gasteiger partial charge in [-0.3, -0.25) is 9.59 Å². The molecule has 0 unspecified atom stereocenters. The largest absolute Gasteiger partial charge is 0.342 e. The number of aryl methyl sites for hydroxylation is 1. The molecule has 5 nitrogen and oxygen atoms in total. The number of hydrogen-bond acceptors (Lipinski definition) is 4. The molecule has 0 radical (unpaired) electrons. The second-order valence-corrected chi connectivity index (χ2v) is 6.32. The van der Waals surface area contributed by atoms with E-state index in [0.29, 0.717) is 17.2 Å². The zero-order valence-corrected chi connectivity index (χ0v) is 14.0. The summed E-state index contributed by atoms with van der Waals surface area (Å²) in [6.45, 7) is 5.97. The van der Waals surface area contributed by atoms with E-state index in [0.717, 1.165) is 5.01 Å². The molecule has 0 saturated carbocycles. The summed E-state index contributed by atoms with van der Waals surface area (Å²) in [6, 6.07) is 4.00. The number of benzene rings is 1. The first-order valence-corrected chi connectivity index (χ1v) is 8.04. The van der Waals surface area contributed by atoms with Crippen molar-refractivity contribution in [2.45, 2.75) is 33.2 Å². The molecule has 1 aromatic heterocycles. The highest BCUT2D eigenvalue weighted by Gasteiger charge is 2.15. The molecule has 2 N–H and O–H groups in total. The van der Waals surface area contributed by atoms with Crippen molar-refractivity contribution in [3.63, 3.8) is 0 Å². The van der Waals surface area contributed by atoms with Crippen LogP contribution in [0.25, 0.3) is 0 Å². The summed E-state index contributed by atoms with van der Waals surface area (Å²) in [5.41, 5.74) is 1.66. The maximum atomic E-state index is 13.2. The summed E-state index contributed by atoms with van der Waals surface area (Å²) in [7, 11) is 0. The van der Waals surface area contributed by atoms with Crippen LogP contribution in [-0.4, -0.2) is 16.8 Å². The molecule has 2 aromatic rings. The van der Waals surface area contributed by atoms with Crippen molar-refractivity contribution in [2.24, 2.45) is 0 Å². The van der Waals surface area contributed by atoms with Gasteiger partial charge < -0.3 is 10.6 Å². The summed E-state index contributed by atoms with van der Waals surface area (Å²) in [5.74, 6) is -1.77. The third-order valence-electron chi connectivity index (χ3n) is 3.15. The van der Waals surface area contributed by atoms with Crippen LogP contribution in [0.1, 0.15) is 36.0 Å². The third kappa shape index (κ3) is 4.59. The van der Waals surface area contributed by atoms with Gasteiger partial charge in [0.1, 0.15) is 5.82 Å². The molecule has 1 aromatic carbocycles. The van der Waals surface area contributed by atoms with Crippen LogP contribution in [-0.2, 0) is 16.1 Å². The minimum atomic E-state index is -0.835. The number of nitrogens with zero attached hydrogens (tertiary/aromatic N) is 1. The van der Waals surface area contributed by atoms with Gasteiger partial charge in [0.05, 0.1) is 17.2 Å². The van der Waals surface area contributed by atoms with Gasteiger partial charge in [-0.05, 0) is 24.6 Å². The summed E-state index contributed by atoms with van der Waals surface area (Å²) in [5, 5.41) is 7.74. The molecule has 7 heteroatoms. The summed E-state index contributed by atoms with van der Waals surface area (Å²) in [4.78, 5) is 28.0. The average molecular weight is 335 g/mol. The Morgan fingerprint density at radius 3 is 2.70 bits per heavy atom. The smallest absolute Gasteiger partial charge is 0.313 e. The number of halogens is 1. The van der Waals surface area contributed by atoms with Gasteiger partial charge in [0.2, 0.25) is 0 Å². The van der Waals surface area contributed by atoms with Crippen LogP contribution in [0.15, 0.2) is 23.6 Å². The molecule has 0 aliphatic heterocycles. The molecular formula is C16H18FN3O2S. The molecule has 2 rings (SSSR count). The van der Waals surface area contributed by atoms with E-state index < -0.39 is 17.6 Å². The lowest BCUT2D eigenvalue weighted by Crippen LogP contribution is -2.35. The number of amides is 2. The van der Waals surface area contributed by atoms with Crippen LogP contribution in [0.4, 0.5) is 10.1 Å². The van der Waals surface area contributed by atoms with Gasteiger partial charge in [-0.25, -0.2) is 9.37 Å². The van der Waals surface area contributed by atoms with Crippen molar-refractivity contribution < 1.29 is 14.0 Å². The quantitative estimate of drug-likeness (QED) is 0.844. The number of aromatic nitrogens is 1. The van der Waals surface area contributed by atoms with E-state index in [1.807, 2.05) is 19.2 Å². The Bertz CT molecular complexity index is 728. The van der Waals surface area contributed by atoms with Gasteiger partial charge in [0, 0.05) is 17.0 Å². The number of anilines is 1. The summed E-state index contributed by atoms with van der Waals surface area (Å²) >= 11 is 1.52. The fourth-order valence-corrected chi connectivity index (χ4v) is 2.66. The van der Waals surface area contributed by atoms with Crippen molar-refractivity contribution in [3.05, 3.63) is 45.7 Å². The topological polar surface area (TPSA) is 71.1 Å². The summed E-state index contributed by atoms with van der Waals surface area (Å²) in [6.07, 6.45) is 0. The first-order valence-electron chi connectivity index (χ1n) is 7.16. The lowest BCUT2D eigenvalue weighted by atomic mass is 10.2. The molecule has 122 valence electrons. The highest BCUT2D eigenvalue weighted by molar-refractivity contribution is 7.09. The minimum Gasteiger partial charge on any atom is -0.342 e.